The number of alkyl halides is 13. The number of hydrogen-bond donors (Lipinski definition) is 4. The van der Waals surface area contributed by atoms with Gasteiger partial charge >= 0.3 is 54.4 Å². The number of carbonyl (C=O) groups excluding carboxylic acids is 4. The van der Waals surface area contributed by atoms with Crippen LogP contribution in [0.5, 0.6) is 0 Å². The lowest BCUT2D eigenvalue weighted by Gasteiger charge is -2.50. The Bertz CT molecular complexity index is 2080. The molecule has 2 heterocycles. The summed E-state index contributed by atoms with van der Waals surface area (Å²) in [4.78, 5) is 45.5. The molecular formula is C56H91F13O15. The molecule has 0 radical (unpaired) electrons. The number of carbonyl (C=O) groups is 4. The van der Waals surface area contributed by atoms with E-state index in [0.717, 1.165) is 71.6 Å². The zero-order chi connectivity index (χ0) is 65.8. The van der Waals surface area contributed by atoms with Gasteiger partial charge in [0.25, 0.3) is 5.60 Å². The number of rotatable bonds is 15. The maximum atomic E-state index is 14.3. The molecule has 0 aromatic heterocycles. The minimum atomic E-state index is -5.78. The van der Waals surface area contributed by atoms with Gasteiger partial charge in [0.05, 0.1) is 36.4 Å². The van der Waals surface area contributed by atoms with Crippen LogP contribution in [-0.2, 0) is 52.3 Å². The van der Waals surface area contributed by atoms with Crippen molar-refractivity contribution in [3.05, 3.63) is 0 Å². The van der Waals surface area contributed by atoms with Crippen molar-refractivity contribution in [2.75, 3.05) is 20.5 Å². The van der Waals surface area contributed by atoms with Gasteiger partial charge in [0.15, 0.2) is 24.3 Å². The predicted octanol–water partition coefficient (Wildman–Crippen LogP) is 12.5. The lowest BCUT2D eigenvalue weighted by molar-refractivity contribution is -0.493. The molecular weight excluding hydrogens is 1160 g/mol. The lowest BCUT2D eigenvalue weighted by Crippen LogP contribution is -2.76. The van der Waals surface area contributed by atoms with Crippen LogP contribution in [0.3, 0.4) is 0 Å². The Morgan fingerprint density at radius 1 is 0.643 bits per heavy atom. The molecule has 0 amide bonds. The predicted molar refractivity (Wildman–Crippen MR) is 276 cm³/mol. The zero-order valence-electron chi connectivity index (χ0n) is 50.8. The molecule has 0 aromatic rings. The quantitative estimate of drug-likeness (QED) is 0.0682. The van der Waals surface area contributed by atoms with Gasteiger partial charge in [-0.05, 0) is 130 Å². The van der Waals surface area contributed by atoms with Crippen LogP contribution in [0.25, 0.3) is 0 Å². The van der Waals surface area contributed by atoms with Crippen LogP contribution in [0, 0.1) is 47.3 Å². The Balaban J connectivity index is 0.000000541. The third kappa shape index (κ3) is 19.8. The molecule has 15 atom stereocenters. The highest BCUT2D eigenvalue weighted by atomic mass is 19.4. The molecule has 496 valence electrons. The smallest absolute Gasteiger partial charge is 0.429 e. The second kappa shape index (κ2) is 30.3. The molecule has 84 heavy (non-hydrogen) atoms. The van der Waals surface area contributed by atoms with Gasteiger partial charge in [-0.25, -0.2) is 0 Å². The van der Waals surface area contributed by atoms with Crippen LogP contribution >= 0.6 is 0 Å². The highest BCUT2D eigenvalue weighted by molar-refractivity contribution is 5.73. The van der Waals surface area contributed by atoms with E-state index >= 15 is 0 Å². The van der Waals surface area contributed by atoms with Crippen molar-refractivity contribution in [1.29, 1.82) is 0 Å². The van der Waals surface area contributed by atoms with Gasteiger partial charge in [-0.3, -0.25) is 23.9 Å². The van der Waals surface area contributed by atoms with Crippen LogP contribution in [-0.4, -0.2) is 141 Å². The molecule has 5 fully saturated rings. The first-order chi connectivity index (χ1) is 37.9. The minimum Gasteiger partial charge on any atom is -0.469 e. The van der Waals surface area contributed by atoms with Crippen molar-refractivity contribution < 1.29 is 130 Å². The summed E-state index contributed by atoms with van der Waals surface area (Å²) in [5, 5.41) is 38.9. The molecule has 5 rings (SSSR count). The Morgan fingerprint density at radius 3 is 1.52 bits per heavy atom. The van der Waals surface area contributed by atoms with Crippen LogP contribution in [0.15, 0.2) is 0 Å². The number of fused-ring (bicyclic) bond motifs is 2. The van der Waals surface area contributed by atoms with E-state index in [2.05, 4.69) is 28.4 Å². The number of ether oxygens (including phenoxy) is 7. The normalized spacial score (nSPS) is 32.2. The standard InChI is InChI=1S/C14H26O3.C13H19F5O4.C12H17F5O5.C11H17F3O.C6H12O2/c1-5-10(2)13(15)17-12-9-7-6-8-11(12)14(3,4)16;1-5-7(2)9(19)21-8-6-10(3,20)22-11(4,12(8,14)15)13(16,17)18;1-4-7(2)8(18)20-5-9(3)10(19,11(13,14)15)12(16,17)22-6-21-9;1-10(15,11(12,13)14)6-9-5-7-2-3-8(9)4-7;1-4-5(2)6(7)8-3/h10-12,16H,5-9H2,1-4H3;7-8,20H,5-6H2,1-4H3;7,19H,4-6H2,1-3H3;7-9,15H,2-6H2,1H3;5H,4H2,1-3H3. The monoisotopic (exact) mass is 1250 g/mol. The van der Waals surface area contributed by atoms with E-state index in [1.54, 1.807) is 13.8 Å². The Kier molecular flexibility index (Phi) is 28.4. The first kappa shape index (κ1) is 78.7. The van der Waals surface area contributed by atoms with Gasteiger partial charge in [-0.1, -0.05) is 68.2 Å². The van der Waals surface area contributed by atoms with Crippen molar-refractivity contribution in [2.45, 2.75) is 263 Å². The maximum absolute atomic E-state index is 14.3. The van der Waals surface area contributed by atoms with Crippen LogP contribution < -0.4 is 0 Å². The van der Waals surface area contributed by atoms with E-state index in [1.165, 1.54) is 27.4 Å². The molecule has 15 nitrogen and oxygen atoms in total. The summed E-state index contributed by atoms with van der Waals surface area (Å²) in [6.07, 6.45) is -13.8. The molecule has 2 aliphatic heterocycles. The Morgan fingerprint density at radius 2 is 1.12 bits per heavy atom. The molecule has 0 spiro atoms. The molecule has 5 aliphatic rings. The van der Waals surface area contributed by atoms with Gasteiger partial charge in [0.1, 0.15) is 18.3 Å². The maximum Gasteiger partial charge on any atom is 0.429 e. The number of halogens is 13. The van der Waals surface area contributed by atoms with Gasteiger partial charge in [-0.15, -0.1) is 0 Å². The Labute approximate surface area is 484 Å². The second-order valence-corrected chi connectivity index (χ2v) is 24.2. The van der Waals surface area contributed by atoms with Gasteiger partial charge in [-0.2, -0.15) is 57.1 Å². The number of methoxy groups -OCH3 is 1. The van der Waals surface area contributed by atoms with Crippen molar-refractivity contribution in [3.8, 4) is 0 Å². The van der Waals surface area contributed by atoms with Gasteiger partial charge in [0.2, 0.25) is 5.60 Å². The van der Waals surface area contributed by atoms with E-state index in [4.69, 9.17) is 4.74 Å². The molecule has 3 aliphatic carbocycles. The number of esters is 4. The van der Waals surface area contributed by atoms with E-state index < -0.39 is 114 Å². The summed E-state index contributed by atoms with van der Waals surface area (Å²) in [7, 11) is 1.41. The summed E-state index contributed by atoms with van der Waals surface area (Å²) in [5.74, 6) is -9.37. The van der Waals surface area contributed by atoms with Crippen molar-refractivity contribution >= 4 is 23.9 Å². The summed E-state index contributed by atoms with van der Waals surface area (Å²) in [6, 6.07) is 0. The summed E-state index contributed by atoms with van der Waals surface area (Å²) >= 11 is 0. The van der Waals surface area contributed by atoms with Crippen LogP contribution in [0.2, 0.25) is 0 Å². The fourth-order valence-electron chi connectivity index (χ4n) is 10.1. The highest BCUT2D eigenvalue weighted by Gasteiger charge is 2.81. The third-order valence-electron chi connectivity index (χ3n) is 16.8. The van der Waals surface area contributed by atoms with Crippen molar-refractivity contribution in [1.82, 2.24) is 0 Å². The number of aliphatic hydroxyl groups is 4. The van der Waals surface area contributed by atoms with Crippen molar-refractivity contribution in [3.63, 3.8) is 0 Å². The first-order valence-electron chi connectivity index (χ1n) is 28.4. The van der Waals surface area contributed by atoms with E-state index in [0.29, 0.717) is 25.2 Å². The van der Waals surface area contributed by atoms with Crippen LogP contribution in [0.4, 0.5) is 57.1 Å². The van der Waals surface area contributed by atoms with E-state index in [9.17, 15) is 96.7 Å². The average Bonchev–Trinajstić information content (AvgIpc) is 1.12. The molecule has 28 heteroatoms. The lowest BCUT2D eigenvalue weighted by atomic mass is 9.76. The SMILES string of the molecule is CC(O)(CC1CC2CCC1C2)C(F)(F)F.CCC(C)C(=O)OC.CCC(C)C(=O)OC1CC(C)(O)OC(C)(C(F)(F)F)C1(F)F.CCC(C)C(=O)OC1CCCCC1C(C)(C)O.CCC(C)C(=O)OCC1(C)OCOC(F)(F)C1(O)C(F)(F)F. The topological polar surface area (TPSA) is 214 Å². The van der Waals surface area contributed by atoms with Crippen molar-refractivity contribution in [2.24, 2.45) is 47.3 Å². The largest absolute Gasteiger partial charge is 0.469 e. The number of hydrogen-bond acceptors (Lipinski definition) is 15. The minimum absolute atomic E-state index is 0.0422. The third-order valence-corrected chi connectivity index (χ3v) is 16.8. The molecule has 4 N–H and O–H groups in total. The summed E-state index contributed by atoms with van der Waals surface area (Å²) in [6.45, 7) is 17.5. The molecule has 2 saturated heterocycles. The highest BCUT2D eigenvalue weighted by Crippen LogP contribution is 2.56. The fraction of sp³-hybridized carbons (Fsp3) is 0.929. The molecule has 3 saturated carbocycles. The molecule has 0 aromatic carbocycles. The van der Waals surface area contributed by atoms with Gasteiger partial charge in [0, 0.05) is 12.3 Å². The van der Waals surface area contributed by atoms with Crippen LogP contribution in [0.1, 0.15) is 187 Å². The summed E-state index contributed by atoms with van der Waals surface area (Å²) in [5.41, 5.74) is -14.8. The first-order valence-corrected chi connectivity index (χ1v) is 28.4. The fourth-order valence-corrected chi connectivity index (χ4v) is 10.1. The van der Waals surface area contributed by atoms with E-state index in [-0.39, 0.29) is 61.5 Å². The zero-order valence-corrected chi connectivity index (χ0v) is 50.8. The summed E-state index contributed by atoms with van der Waals surface area (Å²) < 4.78 is 203. The Hall–Kier alpha value is -3.31. The van der Waals surface area contributed by atoms with Gasteiger partial charge < -0.3 is 48.8 Å². The second-order valence-electron chi connectivity index (χ2n) is 24.2. The van der Waals surface area contributed by atoms with E-state index in [1.807, 2.05) is 41.5 Å². The molecule has 2 bridgehead atoms. The molecule has 15 unspecified atom stereocenters. The average molecular weight is 1250 g/mol.